The highest BCUT2D eigenvalue weighted by molar-refractivity contribution is 5.85. The summed E-state index contributed by atoms with van der Waals surface area (Å²) in [5.41, 5.74) is 2.34. The molecule has 0 saturated carbocycles. The summed E-state index contributed by atoms with van der Waals surface area (Å²) in [5.74, 6) is 0.980. The molecule has 3 aromatic rings. The van der Waals surface area contributed by atoms with Crippen LogP contribution in [-0.4, -0.2) is 45.6 Å². The van der Waals surface area contributed by atoms with E-state index in [-0.39, 0.29) is 37.0 Å². The SMILES string of the molecule is CO[C@H]1CNC[C@@H]1n1ccnc1-c1ccccc1Cn1cccn1.Cl.Cl. The summed E-state index contributed by atoms with van der Waals surface area (Å²) < 4.78 is 9.79. The van der Waals surface area contributed by atoms with Crippen LogP contribution in [0.3, 0.4) is 0 Å². The zero-order chi connectivity index (χ0) is 16.4. The van der Waals surface area contributed by atoms with Crippen LogP contribution in [0, 0.1) is 0 Å². The largest absolute Gasteiger partial charge is 0.378 e. The number of rotatable bonds is 5. The van der Waals surface area contributed by atoms with Gasteiger partial charge in [-0.1, -0.05) is 24.3 Å². The van der Waals surface area contributed by atoms with Gasteiger partial charge in [0.2, 0.25) is 0 Å². The van der Waals surface area contributed by atoms with E-state index in [1.165, 1.54) is 5.56 Å². The van der Waals surface area contributed by atoms with E-state index < -0.39 is 0 Å². The fourth-order valence-corrected chi connectivity index (χ4v) is 3.39. The van der Waals surface area contributed by atoms with Gasteiger partial charge >= 0.3 is 0 Å². The second kappa shape index (κ2) is 9.19. The summed E-state index contributed by atoms with van der Waals surface area (Å²) >= 11 is 0. The molecule has 1 saturated heterocycles. The zero-order valence-electron chi connectivity index (χ0n) is 14.5. The van der Waals surface area contributed by atoms with Crippen molar-refractivity contribution in [1.29, 1.82) is 0 Å². The smallest absolute Gasteiger partial charge is 0.140 e. The highest BCUT2D eigenvalue weighted by Gasteiger charge is 2.30. The van der Waals surface area contributed by atoms with Crippen LogP contribution < -0.4 is 5.32 Å². The molecule has 1 N–H and O–H groups in total. The van der Waals surface area contributed by atoms with Gasteiger partial charge < -0.3 is 14.6 Å². The molecule has 0 aliphatic carbocycles. The first-order valence-electron chi connectivity index (χ1n) is 8.19. The molecule has 0 spiro atoms. The number of nitrogens with one attached hydrogen (secondary N) is 1. The van der Waals surface area contributed by atoms with E-state index in [1.807, 2.05) is 29.3 Å². The normalized spacial score (nSPS) is 19.0. The van der Waals surface area contributed by atoms with E-state index in [2.05, 4.69) is 44.2 Å². The van der Waals surface area contributed by atoms with Crippen molar-refractivity contribution in [3.8, 4) is 11.4 Å². The Morgan fingerprint density at radius 3 is 2.73 bits per heavy atom. The van der Waals surface area contributed by atoms with Gasteiger partial charge in [-0.2, -0.15) is 5.10 Å². The number of ether oxygens (including phenoxy) is 1. The molecule has 0 radical (unpaired) electrons. The number of hydrogen-bond donors (Lipinski definition) is 1. The van der Waals surface area contributed by atoms with Crippen molar-refractivity contribution < 1.29 is 4.74 Å². The molecule has 1 aromatic carbocycles. The Balaban J connectivity index is 0.00000121. The standard InChI is InChI=1S/C18H21N5O.2ClH/c1-24-17-12-19-11-16(17)23-10-8-20-18(23)15-6-3-2-5-14(15)13-22-9-4-7-21-22;;/h2-10,16-17,19H,11-13H2,1H3;2*1H/t16-,17-;;/m0../s1. The molecule has 0 unspecified atom stereocenters. The van der Waals surface area contributed by atoms with Gasteiger partial charge in [0.15, 0.2) is 0 Å². The van der Waals surface area contributed by atoms with Crippen LogP contribution in [0.2, 0.25) is 0 Å². The molecule has 6 nitrogen and oxygen atoms in total. The van der Waals surface area contributed by atoms with Gasteiger partial charge in [-0.15, -0.1) is 24.8 Å². The molecule has 1 aliphatic heterocycles. The molecular weight excluding hydrogens is 373 g/mol. The summed E-state index contributed by atoms with van der Waals surface area (Å²) in [5, 5.41) is 7.72. The highest BCUT2D eigenvalue weighted by Crippen LogP contribution is 2.28. The van der Waals surface area contributed by atoms with Crippen molar-refractivity contribution in [3.63, 3.8) is 0 Å². The number of imidazole rings is 1. The van der Waals surface area contributed by atoms with Crippen LogP contribution in [0.4, 0.5) is 0 Å². The van der Waals surface area contributed by atoms with Crippen LogP contribution in [0.5, 0.6) is 0 Å². The lowest BCUT2D eigenvalue weighted by molar-refractivity contribution is 0.0871. The fraction of sp³-hybridized carbons (Fsp3) is 0.333. The van der Waals surface area contributed by atoms with Crippen LogP contribution in [0.1, 0.15) is 11.6 Å². The average Bonchev–Trinajstić information content (AvgIpc) is 3.36. The molecular formula is C18H23Cl2N5O. The maximum Gasteiger partial charge on any atom is 0.140 e. The van der Waals surface area contributed by atoms with Gasteiger partial charge in [-0.05, 0) is 11.6 Å². The second-order valence-corrected chi connectivity index (χ2v) is 6.02. The van der Waals surface area contributed by atoms with Gasteiger partial charge in [0.25, 0.3) is 0 Å². The van der Waals surface area contributed by atoms with Gasteiger partial charge in [-0.3, -0.25) is 4.68 Å². The lowest BCUT2D eigenvalue weighted by Crippen LogP contribution is -2.24. The first-order chi connectivity index (χ1) is 11.9. The van der Waals surface area contributed by atoms with Gasteiger partial charge in [0.1, 0.15) is 5.82 Å². The number of halogens is 2. The number of methoxy groups -OCH3 is 1. The Bertz CT molecular complexity index is 806. The third-order valence-corrected chi connectivity index (χ3v) is 4.61. The molecule has 0 bridgehead atoms. The van der Waals surface area contributed by atoms with Crippen LogP contribution in [-0.2, 0) is 11.3 Å². The topological polar surface area (TPSA) is 56.9 Å². The Morgan fingerprint density at radius 1 is 1.12 bits per heavy atom. The predicted octanol–water partition coefficient (Wildman–Crippen LogP) is 2.80. The summed E-state index contributed by atoms with van der Waals surface area (Å²) in [4.78, 5) is 4.64. The van der Waals surface area contributed by atoms with Crippen LogP contribution in [0.15, 0.2) is 55.1 Å². The number of hydrogen-bond acceptors (Lipinski definition) is 4. The third kappa shape index (κ3) is 3.94. The van der Waals surface area contributed by atoms with Crippen molar-refractivity contribution in [2.75, 3.05) is 20.2 Å². The third-order valence-electron chi connectivity index (χ3n) is 4.61. The highest BCUT2D eigenvalue weighted by atomic mass is 35.5. The maximum atomic E-state index is 5.63. The molecule has 8 heteroatoms. The van der Waals surface area contributed by atoms with Crippen LogP contribution in [0.25, 0.3) is 11.4 Å². The van der Waals surface area contributed by atoms with E-state index in [9.17, 15) is 0 Å². The predicted molar refractivity (Wildman–Crippen MR) is 106 cm³/mol. The van der Waals surface area contributed by atoms with Crippen molar-refractivity contribution in [2.24, 2.45) is 0 Å². The molecule has 26 heavy (non-hydrogen) atoms. The molecule has 4 rings (SSSR count). The molecule has 140 valence electrons. The molecule has 2 aromatic heterocycles. The molecule has 2 atom stereocenters. The second-order valence-electron chi connectivity index (χ2n) is 6.02. The molecule has 1 aliphatic rings. The first kappa shape index (κ1) is 20.5. The Hall–Kier alpha value is -1.86. The fourth-order valence-electron chi connectivity index (χ4n) is 3.39. The molecule has 0 amide bonds. The molecule has 1 fully saturated rings. The minimum atomic E-state index is 0. The summed E-state index contributed by atoms with van der Waals surface area (Å²) in [6, 6.07) is 10.6. The zero-order valence-corrected chi connectivity index (χ0v) is 16.1. The summed E-state index contributed by atoms with van der Waals surface area (Å²) in [6.45, 7) is 2.49. The van der Waals surface area contributed by atoms with Gasteiger partial charge in [-0.25, -0.2) is 4.98 Å². The maximum absolute atomic E-state index is 5.63. The Morgan fingerprint density at radius 2 is 1.96 bits per heavy atom. The summed E-state index contributed by atoms with van der Waals surface area (Å²) in [6.07, 6.45) is 7.85. The number of benzene rings is 1. The van der Waals surface area contributed by atoms with E-state index in [0.29, 0.717) is 0 Å². The minimum absolute atomic E-state index is 0. The molecule has 3 heterocycles. The minimum Gasteiger partial charge on any atom is -0.378 e. The van der Waals surface area contributed by atoms with E-state index in [4.69, 9.17) is 4.74 Å². The van der Waals surface area contributed by atoms with Crippen LogP contribution >= 0.6 is 24.8 Å². The van der Waals surface area contributed by atoms with Crippen molar-refractivity contribution in [3.05, 3.63) is 60.7 Å². The van der Waals surface area contributed by atoms with E-state index in [0.717, 1.165) is 31.0 Å². The lowest BCUT2D eigenvalue weighted by atomic mass is 10.1. The van der Waals surface area contributed by atoms with Crippen molar-refractivity contribution in [2.45, 2.75) is 18.7 Å². The first-order valence-corrected chi connectivity index (χ1v) is 8.19. The Kier molecular flexibility index (Phi) is 7.23. The lowest BCUT2D eigenvalue weighted by Gasteiger charge is -2.21. The average molecular weight is 396 g/mol. The summed E-state index contributed by atoms with van der Waals surface area (Å²) in [7, 11) is 1.77. The Labute approximate surface area is 165 Å². The van der Waals surface area contributed by atoms with Gasteiger partial charge in [0.05, 0.1) is 18.7 Å². The number of nitrogens with zero attached hydrogens (tertiary/aromatic N) is 4. The van der Waals surface area contributed by atoms with Gasteiger partial charge in [0, 0.05) is 50.6 Å². The monoisotopic (exact) mass is 395 g/mol. The quantitative estimate of drug-likeness (QED) is 0.721. The van der Waals surface area contributed by atoms with Crippen molar-refractivity contribution >= 4 is 24.8 Å². The van der Waals surface area contributed by atoms with Crippen molar-refractivity contribution in [1.82, 2.24) is 24.6 Å². The van der Waals surface area contributed by atoms with E-state index >= 15 is 0 Å². The number of aromatic nitrogens is 4. The van der Waals surface area contributed by atoms with E-state index in [1.54, 1.807) is 13.3 Å².